The van der Waals surface area contributed by atoms with Crippen molar-refractivity contribution in [1.82, 2.24) is 20.2 Å². The molecule has 0 spiro atoms. The van der Waals surface area contributed by atoms with Crippen LogP contribution in [0.1, 0.15) is 22.5 Å². The normalized spacial score (nSPS) is 10.7. The Morgan fingerprint density at radius 3 is 2.79 bits per heavy atom. The average Bonchev–Trinajstić information content (AvgIpc) is 2.58. The maximum atomic E-state index is 13.6. The fourth-order valence-corrected chi connectivity index (χ4v) is 2.07. The third-order valence-electron chi connectivity index (χ3n) is 3.35. The topological polar surface area (TPSA) is 70.2 Å². The maximum Gasteiger partial charge on any atom is 0.270 e. The van der Waals surface area contributed by atoms with E-state index in [1.807, 2.05) is 14.1 Å². The van der Waals surface area contributed by atoms with Gasteiger partial charge in [-0.15, -0.1) is 0 Å². The number of carbonyl (C=O) groups is 1. The second-order valence-electron chi connectivity index (χ2n) is 5.62. The van der Waals surface area contributed by atoms with Gasteiger partial charge in [0.2, 0.25) is 5.95 Å². The number of halogens is 1. The summed E-state index contributed by atoms with van der Waals surface area (Å²) < 4.78 is 13.6. The number of hydrogen-bond donors (Lipinski definition) is 2. The molecule has 0 aliphatic heterocycles. The lowest BCUT2D eigenvalue weighted by atomic mass is 10.2. The minimum absolute atomic E-state index is 0.245. The Kier molecular flexibility index (Phi) is 6.62. The van der Waals surface area contributed by atoms with Crippen LogP contribution >= 0.6 is 0 Å². The van der Waals surface area contributed by atoms with Gasteiger partial charge >= 0.3 is 0 Å². The average molecular weight is 331 g/mol. The lowest BCUT2D eigenvalue weighted by Gasteiger charge is -2.10. The molecule has 0 aliphatic rings. The summed E-state index contributed by atoms with van der Waals surface area (Å²) in [6.07, 6.45) is 2.37. The van der Waals surface area contributed by atoms with Crippen molar-refractivity contribution >= 4 is 11.9 Å². The van der Waals surface area contributed by atoms with E-state index < -0.39 is 0 Å². The molecule has 0 fully saturated rings. The molecule has 128 valence electrons. The summed E-state index contributed by atoms with van der Waals surface area (Å²) in [7, 11) is 3.97. The molecule has 0 bridgehead atoms. The van der Waals surface area contributed by atoms with Crippen LogP contribution in [0, 0.1) is 5.82 Å². The summed E-state index contributed by atoms with van der Waals surface area (Å²) in [5, 5.41) is 5.75. The highest BCUT2D eigenvalue weighted by Gasteiger charge is 2.09. The van der Waals surface area contributed by atoms with Crippen molar-refractivity contribution in [2.75, 3.05) is 32.5 Å². The molecule has 7 heteroatoms. The van der Waals surface area contributed by atoms with E-state index in [1.165, 1.54) is 12.3 Å². The van der Waals surface area contributed by atoms with Gasteiger partial charge in [0.1, 0.15) is 11.5 Å². The SMILES string of the molecule is CN(C)CCCNC(=O)c1ccnc(NCc2ccccc2F)n1. The summed E-state index contributed by atoms with van der Waals surface area (Å²) in [5.74, 6) is -0.246. The predicted molar refractivity (Wildman–Crippen MR) is 91.3 cm³/mol. The van der Waals surface area contributed by atoms with Gasteiger partial charge in [0, 0.05) is 24.8 Å². The predicted octanol–water partition coefficient (Wildman–Crippen LogP) is 1.91. The zero-order valence-corrected chi connectivity index (χ0v) is 13.9. The van der Waals surface area contributed by atoms with Crippen molar-refractivity contribution in [2.24, 2.45) is 0 Å². The molecule has 1 heterocycles. The molecule has 0 saturated heterocycles. The van der Waals surface area contributed by atoms with E-state index in [9.17, 15) is 9.18 Å². The third-order valence-corrected chi connectivity index (χ3v) is 3.35. The smallest absolute Gasteiger partial charge is 0.270 e. The number of carbonyl (C=O) groups excluding carboxylic acids is 1. The van der Waals surface area contributed by atoms with Gasteiger partial charge in [-0.3, -0.25) is 4.79 Å². The number of anilines is 1. The van der Waals surface area contributed by atoms with Gasteiger partial charge in [0.05, 0.1) is 0 Å². The van der Waals surface area contributed by atoms with E-state index in [0.717, 1.165) is 13.0 Å². The van der Waals surface area contributed by atoms with Crippen molar-refractivity contribution in [3.05, 3.63) is 53.6 Å². The molecule has 6 nitrogen and oxygen atoms in total. The van der Waals surface area contributed by atoms with Gasteiger partial charge < -0.3 is 15.5 Å². The molecule has 0 atom stereocenters. The molecule has 0 aliphatic carbocycles. The van der Waals surface area contributed by atoms with Crippen LogP contribution < -0.4 is 10.6 Å². The minimum Gasteiger partial charge on any atom is -0.351 e. The zero-order chi connectivity index (χ0) is 17.4. The molecular weight excluding hydrogens is 309 g/mol. The quantitative estimate of drug-likeness (QED) is 0.723. The molecule has 1 amide bonds. The Hall–Kier alpha value is -2.54. The van der Waals surface area contributed by atoms with Crippen LogP contribution in [0.4, 0.5) is 10.3 Å². The largest absolute Gasteiger partial charge is 0.351 e. The summed E-state index contributed by atoms with van der Waals surface area (Å²) in [5.41, 5.74) is 0.797. The van der Waals surface area contributed by atoms with Crippen molar-refractivity contribution in [2.45, 2.75) is 13.0 Å². The standard InChI is InChI=1S/C17H22FN5O/c1-23(2)11-5-9-19-16(24)15-8-10-20-17(22-15)21-12-13-6-3-4-7-14(13)18/h3-4,6-8,10H,5,9,11-12H2,1-2H3,(H,19,24)(H,20,21,22). The van der Waals surface area contributed by atoms with Crippen LogP contribution in [0.2, 0.25) is 0 Å². The summed E-state index contributed by atoms with van der Waals surface area (Å²) in [6.45, 7) is 1.74. The zero-order valence-electron chi connectivity index (χ0n) is 13.9. The van der Waals surface area contributed by atoms with Crippen LogP contribution in [0.5, 0.6) is 0 Å². The van der Waals surface area contributed by atoms with Crippen molar-refractivity contribution in [1.29, 1.82) is 0 Å². The van der Waals surface area contributed by atoms with Crippen LogP contribution in [0.3, 0.4) is 0 Å². The molecular formula is C17H22FN5O. The number of amides is 1. The summed E-state index contributed by atoms with van der Waals surface area (Å²) in [6, 6.07) is 8.03. The van der Waals surface area contributed by atoms with Crippen LogP contribution in [0.15, 0.2) is 36.5 Å². The molecule has 24 heavy (non-hydrogen) atoms. The Morgan fingerprint density at radius 2 is 2.04 bits per heavy atom. The Balaban J connectivity index is 1.89. The Bertz CT molecular complexity index is 678. The van der Waals surface area contributed by atoms with Gasteiger partial charge in [-0.25, -0.2) is 14.4 Å². The number of nitrogens with zero attached hydrogens (tertiary/aromatic N) is 3. The number of rotatable bonds is 8. The highest BCUT2D eigenvalue weighted by molar-refractivity contribution is 5.92. The first-order valence-electron chi connectivity index (χ1n) is 7.79. The molecule has 2 aromatic rings. The van der Waals surface area contributed by atoms with E-state index >= 15 is 0 Å². The monoisotopic (exact) mass is 331 g/mol. The van der Waals surface area contributed by atoms with Gasteiger partial charge in [-0.2, -0.15) is 0 Å². The van der Waals surface area contributed by atoms with Gasteiger partial charge in [0.25, 0.3) is 5.91 Å². The van der Waals surface area contributed by atoms with Gasteiger partial charge in [-0.05, 0) is 39.2 Å². The van der Waals surface area contributed by atoms with Crippen molar-refractivity contribution in [3.63, 3.8) is 0 Å². The lowest BCUT2D eigenvalue weighted by Crippen LogP contribution is -2.28. The highest BCUT2D eigenvalue weighted by atomic mass is 19.1. The number of nitrogens with one attached hydrogen (secondary N) is 2. The lowest BCUT2D eigenvalue weighted by molar-refractivity contribution is 0.0947. The van der Waals surface area contributed by atoms with Crippen LogP contribution in [-0.4, -0.2) is 48.0 Å². The highest BCUT2D eigenvalue weighted by Crippen LogP contribution is 2.09. The molecule has 2 rings (SSSR count). The fraction of sp³-hybridized carbons (Fsp3) is 0.353. The molecule has 2 N–H and O–H groups in total. The summed E-state index contributed by atoms with van der Waals surface area (Å²) >= 11 is 0. The van der Waals surface area contributed by atoms with Crippen molar-refractivity contribution in [3.8, 4) is 0 Å². The first kappa shape index (κ1) is 17.8. The van der Waals surface area contributed by atoms with Gasteiger partial charge in [-0.1, -0.05) is 18.2 Å². The molecule has 0 unspecified atom stereocenters. The maximum absolute atomic E-state index is 13.6. The number of benzene rings is 1. The van der Waals surface area contributed by atoms with E-state index in [0.29, 0.717) is 18.1 Å². The third kappa shape index (κ3) is 5.58. The van der Waals surface area contributed by atoms with Crippen LogP contribution in [-0.2, 0) is 6.54 Å². The van der Waals surface area contributed by atoms with Gasteiger partial charge in [0.15, 0.2) is 0 Å². The van der Waals surface area contributed by atoms with E-state index in [4.69, 9.17) is 0 Å². The number of aromatic nitrogens is 2. The molecule has 1 aromatic heterocycles. The van der Waals surface area contributed by atoms with E-state index in [-0.39, 0.29) is 24.0 Å². The minimum atomic E-state index is -0.292. The summed E-state index contributed by atoms with van der Waals surface area (Å²) in [4.78, 5) is 22.3. The second kappa shape index (κ2) is 8.93. The molecule has 0 saturated carbocycles. The number of hydrogen-bond acceptors (Lipinski definition) is 5. The second-order valence-corrected chi connectivity index (χ2v) is 5.62. The Morgan fingerprint density at radius 1 is 1.25 bits per heavy atom. The van der Waals surface area contributed by atoms with E-state index in [2.05, 4.69) is 25.5 Å². The Labute approximate surface area is 141 Å². The molecule has 1 aromatic carbocycles. The fourth-order valence-electron chi connectivity index (χ4n) is 2.07. The van der Waals surface area contributed by atoms with Crippen LogP contribution in [0.25, 0.3) is 0 Å². The molecule has 0 radical (unpaired) electrons. The van der Waals surface area contributed by atoms with E-state index in [1.54, 1.807) is 24.3 Å². The first-order chi connectivity index (χ1) is 11.6. The first-order valence-corrected chi connectivity index (χ1v) is 7.79. The van der Waals surface area contributed by atoms with Crippen molar-refractivity contribution < 1.29 is 9.18 Å².